The molecule has 1 aromatic carbocycles. The van der Waals surface area contributed by atoms with Crippen LogP contribution in [0, 0.1) is 0 Å². The first-order chi connectivity index (χ1) is 7.99. The highest BCUT2D eigenvalue weighted by Gasteiger charge is 2.34. The largest absolute Gasteiger partial charge is 0.480 e. The Balaban J connectivity index is 2.39. The van der Waals surface area contributed by atoms with Crippen molar-refractivity contribution >= 4 is 28.0 Å². The number of carbonyl (C=O) groups is 2. The van der Waals surface area contributed by atoms with Gasteiger partial charge >= 0.3 is 12.1 Å². The van der Waals surface area contributed by atoms with E-state index in [0.717, 1.165) is 20.5 Å². The highest BCUT2D eigenvalue weighted by Crippen LogP contribution is 2.26. The van der Waals surface area contributed by atoms with Crippen molar-refractivity contribution in [1.82, 2.24) is 4.90 Å². The van der Waals surface area contributed by atoms with Crippen molar-refractivity contribution in [2.75, 3.05) is 0 Å². The summed E-state index contributed by atoms with van der Waals surface area (Å²) in [6, 6.07) is 4.46. The summed E-state index contributed by atoms with van der Waals surface area (Å²) in [4.78, 5) is 23.0. The number of nitrogens with zero attached hydrogens (tertiary/aromatic N) is 1. The molecule has 0 spiro atoms. The molecule has 0 saturated carbocycles. The van der Waals surface area contributed by atoms with E-state index in [1.54, 1.807) is 0 Å². The Morgan fingerprint density at radius 3 is 2.59 bits per heavy atom. The van der Waals surface area contributed by atoms with Gasteiger partial charge in [0.25, 0.3) is 0 Å². The zero-order valence-electron chi connectivity index (χ0n) is 8.76. The van der Waals surface area contributed by atoms with E-state index >= 15 is 0 Å². The van der Waals surface area contributed by atoms with Crippen LogP contribution in [-0.2, 0) is 17.8 Å². The highest BCUT2D eigenvalue weighted by molar-refractivity contribution is 9.10. The maximum atomic E-state index is 11.0. The monoisotopic (exact) mass is 299 g/mol. The van der Waals surface area contributed by atoms with Crippen LogP contribution in [0.3, 0.4) is 0 Å². The fraction of sp³-hybridized carbons (Fsp3) is 0.273. The Morgan fingerprint density at radius 2 is 2.00 bits per heavy atom. The van der Waals surface area contributed by atoms with E-state index < -0.39 is 18.1 Å². The Kier molecular flexibility index (Phi) is 3.06. The third-order valence-electron chi connectivity index (χ3n) is 2.83. The molecule has 0 radical (unpaired) electrons. The molecule has 1 aromatic rings. The van der Waals surface area contributed by atoms with Gasteiger partial charge in [0.05, 0.1) is 6.54 Å². The summed E-state index contributed by atoms with van der Waals surface area (Å²) in [5.41, 5.74) is 1.73. The van der Waals surface area contributed by atoms with Crippen LogP contribution >= 0.6 is 15.9 Å². The molecule has 1 amide bonds. The van der Waals surface area contributed by atoms with Gasteiger partial charge in [-0.05, 0) is 23.3 Å². The second-order valence-corrected chi connectivity index (χ2v) is 4.80. The number of rotatable bonds is 1. The molecule has 1 heterocycles. The van der Waals surface area contributed by atoms with E-state index in [0.29, 0.717) is 0 Å². The van der Waals surface area contributed by atoms with Crippen LogP contribution in [0.5, 0.6) is 0 Å². The summed E-state index contributed by atoms with van der Waals surface area (Å²) >= 11 is 3.31. The third-order valence-corrected chi connectivity index (χ3v) is 3.32. The summed E-state index contributed by atoms with van der Waals surface area (Å²) in [7, 11) is 0. The van der Waals surface area contributed by atoms with Gasteiger partial charge in [0, 0.05) is 10.9 Å². The van der Waals surface area contributed by atoms with Gasteiger partial charge in [-0.3, -0.25) is 4.90 Å². The standard InChI is InChI=1S/C11H10BrNO4/c12-8-2-1-6-5-13(11(16)17)9(10(14)15)4-7(6)3-8/h1-3,9H,4-5H2,(H,14,15)(H,16,17). The summed E-state index contributed by atoms with van der Waals surface area (Å²) in [6.07, 6.45) is -0.998. The Morgan fingerprint density at radius 1 is 1.29 bits per heavy atom. The van der Waals surface area contributed by atoms with E-state index in [9.17, 15) is 9.59 Å². The van der Waals surface area contributed by atoms with E-state index in [-0.39, 0.29) is 13.0 Å². The van der Waals surface area contributed by atoms with Gasteiger partial charge in [-0.2, -0.15) is 0 Å². The molecule has 0 bridgehead atoms. The fourth-order valence-electron chi connectivity index (χ4n) is 1.97. The van der Waals surface area contributed by atoms with E-state index in [1.807, 2.05) is 18.2 Å². The second kappa shape index (κ2) is 4.37. The number of hydrogen-bond donors (Lipinski definition) is 2. The molecule has 5 nitrogen and oxygen atoms in total. The number of carboxylic acid groups (broad SMARTS) is 2. The van der Waals surface area contributed by atoms with E-state index in [1.165, 1.54) is 0 Å². The molecule has 2 rings (SSSR count). The van der Waals surface area contributed by atoms with Crippen LogP contribution in [0.1, 0.15) is 11.1 Å². The predicted molar refractivity (Wildman–Crippen MR) is 62.8 cm³/mol. The number of hydrogen-bond acceptors (Lipinski definition) is 2. The number of amides is 1. The van der Waals surface area contributed by atoms with Gasteiger partial charge in [-0.15, -0.1) is 0 Å². The quantitative estimate of drug-likeness (QED) is 0.831. The Hall–Kier alpha value is -1.56. The first-order valence-corrected chi connectivity index (χ1v) is 5.78. The van der Waals surface area contributed by atoms with Crippen LogP contribution in [-0.4, -0.2) is 33.2 Å². The molecule has 0 saturated heterocycles. The Bertz CT molecular complexity index is 488. The maximum absolute atomic E-state index is 11.0. The van der Waals surface area contributed by atoms with Gasteiger partial charge in [-0.1, -0.05) is 22.0 Å². The van der Waals surface area contributed by atoms with Gasteiger partial charge < -0.3 is 10.2 Å². The predicted octanol–water partition coefficient (Wildman–Crippen LogP) is 1.94. The molecule has 90 valence electrons. The summed E-state index contributed by atoms with van der Waals surface area (Å²) in [6.45, 7) is 0.120. The molecule has 2 N–H and O–H groups in total. The average Bonchev–Trinajstić information content (AvgIpc) is 2.26. The molecule has 0 aliphatic carbocycles. The Labute approximate surface area is 106 Å². The highest BCUT2D eigenvalue weighted by atomic mass is 79.9. The minimum Gasteiger partial charge on any atom is -0.480 e. The SMILES string of the molecule is O=C(O)C1Cc2cc(Br)ccc2CN1C(=O)O. The number of fused-ring (bicyclic) bond motifs is 1. The minimum atomic E-state index is -1.20. The van der Waals surface area contributed by atoms with Crippen molar-refractivity contribution in [2.45, 2.75) is 19.0 Å². The lowest BCUT2D eigenvalue weighted by molar-refractivity contribution is -0.143. The average molecular weight is 300 g/mol. The summed E-state index contributed by atoms with van der Waals surface area (Å²) in [5, 5.41) is 18.0. The van der Waals surface area contributed by atoms with Crippen molar-refractivity contribution in [2.24, 2.45) is 0 Å². The third kappa shape index (κ3) is 2.26. The number of carboxylic acids is 1. The summed E-state index contributed by atoms with van der Waals surface area (Å²) < 4.78 is 0.865. The van der Waals surface area contributed by atoms with Crippen LogP contribution in [0.2, 0.25) is 0 Å². The lowest BCUT2D eigenvalue weighted by Crippen LogP contribution is -2.48. The van der Waals surface area contributed by atoms with Crippen molar-refractivity contribution in [3.8, 4) is 0 Å². The van der Waals surface area contributed by atoms with Crippen LogP contribution < -0.4 is 0 Å². The zero-order valence-corrected chi connectivity index (χ0v) is 10.3. The molecule has 1 atom stereocenters. The fourth-order valence-corrected chi connectivity index (χ4v) is 2.38. The number of benzene rings is 1. The molecular formula is C11H10BrNO4. The number of halogens is 1. The zero-order chi connectivity index (χ0) is 12.6. The smallest absolute Gasteiger partial charge is 0.408 e. The van der Waals surface area contributed by atoms with Crippen molar-refractivity contribution in [3.05, 3.63) is 33.8 Å². The first kappa shape index (κ1) is 11.9. The van der Waals surface area contributed by atoms with Crippen LogP contribution in [0.15, 0.2) is 22.7 Å². The molecule has 0 fully saturated rings. The second-order valence-electron chi connectivity index (χ2n) is 3.88. The molecule has 0 aromatic heterocycles. The number of aliphatic carboxylic acids is 1. The summed E-state index contributed by atoms with van der Waals surface area (Å²) in [5.74, 6) is -1.11. The maximum Gasteiger partial charge on any atom is 0.408 e. The molecule has 17 heavy (non-hydrogen) atoms. The molecular weight excluding hydrogens is 290 g/mol. The van der Waals surface area contributed by atoms with E-state index in [2.05, 4.69) is 15.9 Å². The molecule has 1 aliphatic heterocycles. The van der Waals surface area contributed by atoms with Crippen LogP contribution in [0.25, 0.3) is 0 Å². The molecule has 6 heteroatoms. The topological polar surface area (TPSA) is 77.8 Å². The normalized spacial score (nSPS) is 18.6. The van der Waals surface area contributed by atoms with Gasteiger partial charge in [0.1, 0.15) is 6.04 Å². The molecule has 1 unspecified atom stereocenters. The van der Waals surface area contributed by atoms with Gasteiger partial charge in [0.15, 0.2) is 0 Å². The van der Waals surface area contributed by atoms with E-state index in [4.69, 9.17) is 10.2 Å². The van der Waals surface area contributed by atoms with Crippen molar-refractivity contribution < 1.29 is 19.8 Å². The van der Waals surface area contributed by atoms with Gasteiger partial charge in [-0.25, -0.2) is 9.59 Å². The van der Waals surface area contributed by atoms with Crippen LogP contribution in [0.4, 0.5) is 4.79 Å². The van der Waals surface area contributed by atoms with Gasteiger partial charge in [0.2, 0.25) is 0 Å². The van der Waals surface area contributed by atoms with Crippen molar-refractivity contribution in [3.63, 3.8) is 0 Å². The molecule has 1 aliphatic rings. The first-order valence-electron chi connectivity index (χ1n) is 4.98. The lowest BCUT2D eigenvalue weighted by atomic mass is 9.94. The van der Waals surface area contributed by atoms with Crippen molar-refractivity contribution in [1.29, 1.82) is 0 Å². The lowest BCUT2D eigenvalue weighted by Gasteiger charge is -2.32. The minimum absolute atomic E-state index is 0.120.